The fourth-order valence-corrected chi connectivity index (χ4v) is 4.18. The number of hydrogen-bond acceptors (Lipinski definition) is 5. The lowest BCUT2D eigenvalue weighted by atomic mass is 10.3. The molecule has 0 radical (unpaired) electrons. The molecule has 1 aliphatic rings. The van der Waals surface area contributed by atoms with Crippen molar-refractivity contribution in [1.82, 2.24) is 4.72 Å². The van der Waals surface area contributed by atoms with Crippen LogP contribution in [0.15, 0.2) is 29.2 Å². The van der Waals surface area contributed by atoms with Crippen molar-refractivity contribution in [2.24, 2.45) is 0 Å². The van der Waals surface area contributed by atoms with Crippen LogP contribution in [0.1, 0.15) is 6.42 Å². The third-order valence-corrected chi connectivity index (χ3v) is 5.50. The highest BCUT2D eigenvalue weighted by Gasteiger charge is 2.33. The van der Waals surface area contributed by atoms with E-state index >= 15 is 0 Å². The molecule has 1 fully saturated rings. The molecule has 6 nitrogen and oxygen atoms in total. The monoisotopic (exact) mass is 354 g/mol. The van der Waals surface area contributed by atoms with Crippen molar-refractivity contribution in [2.75, 3.05) is 24.2 Å². The van der Waals surface area contributed by atoms with Gasteiger partial charge in [0.25, 0.3) is 0 Å². The van der Waals surface area contributed by atoms with Gasteiger partial charge in [0.05, 0.1) is 16.8 Å². The second-order valence-electron chi connectivity index (χ2n) is 5.10. The van der Waals surface area contributed by atoms with Crippen LogP contribution in [0.4, 0.5) is 14.5 Å². The number of alkyl halides is 2. The van der Waals surface area contributed by atoms with E-state index in [2.05, 4.69) is 4.72 Å². The van der Waals surface area contributed by atoms with Gasteiger partial charge in [0.15, 0.2) is 0 Å². The van der Waals surface area contributed by atoms with Gasteiger partial charge in [-0.3, -0.25) is 0 Å². The number of nitrogens with one attached hydrogen (secondary N) is 1. The first-order valence-electron chi connectivity index (χ1n) is 6.44. The lowest BCUT2D eigenvalue weighted by molar-refractivity contribution is 0.235. The maximum atomic E-state index is 12.8. The number of sulfonamides is 1. The van der Waals surface area contributed by atoms with E-state index in [1.165, 1.54) is 12.1 Å². The quantitative estimate of drug-likeness (QED) is 0.846. The predicted molar refractivity (Wildman–Crippen MR) is 78.2 cm³/mol. The zero-order chi connectivity index (χ0) is 16.5. The van der Waals surface area contributed by atoms with Crippen molar-refractivity contribution >= 4 is 25.5 Å². The van der Waals surface area contributed by atoms with E-state index < -0.39 is 30.5 Å². The van der Waals surface area contributed by atoms with Crippen LogP contribution in [0.3, 0.4) is 0 Å². The first-order chi connectivity index (χ1) is 10.1. The summed E-state index contributed by atoms with van der Waals surface area (Å²) in [5.41, 5.74) is 0.167. The summed E-state index contributed by atoms with van der Waals surface area (Å²) in [6.45, 7) is 0.603. The van der Waals surface area contributed by atoms with Gasteiger partial charge in [0.2, 0.25) is 19.9 Å². The van der Waals surface area contributed by atoms with Gasteiger partial charge in [0.1, 0.15) is 0 Å². The Morgan fingerprint density at radius 2 is 1.86 bits per heavy atom. The minimum Gasteiger partial charge on any atom is -0.369 e. The van der Waals surface area contributed by atoms with Gasteiger partial charge in [-0.2, -0.15) is 8.78 Å². The summed E-state index contributed by atoms with van der Waals surface area (Å²) in [6, 6.07) is 5.13. The second kappa shape index (κ2) is 6.09. The molecule has 0 bridgehead atoms. The Morgan fingerprint density at radius 3 is 2.45 bits per heavy atom. The van der Waals surface area contributed by atoms with Crippen LogP contribution in [0, 0.1) is 0 Å². The molecule has 0 unspecified atom stereocenters. The van der Waals surface area contributed by atoms with Crippen molar-refractivity contribution in [3.05, 3.63) is 24.3 Å². The summed E-state index contributed by atoms with van der Waals surface area (Å²) < 4.78 is 73.9. The lowest BCUT2D eigenvalue weighted by Crippen LogP contribution is -2.36. The molecule has 10 heteroatoms. The third kappa shape index (κ3) is 3.73. The first kappa shape index (κ1) is 17.1. The SMILES string of the molecule is CS(=O)(=O)N[C@H]1CCN(c2ccccc2S(=O)(=O)C(F)F)C1. The number of sulfone groups is 1. The van der Waals surface area contributed by atoms with E-state index in [1.807, 2.05) is 0 Å². The van der Waals surface area contributed by atoms with Crippen molar-refractivity contribution in [3.63, 3.8) is 0 Å². The van der Waals surface area contributed by atoms with Crippen molar-refractivity contribution < 1.29 is 25.6 Å². The summed E-state index contributed by atoms with van der Waals surface area (Å²) >= 11 is 0. The molecule has 1 saturated heterocycles. The average Bonchev–Trinajstić information content (AvgIpc) is 2.84. The third-order valence-electron chi connectivity index (χ3n) is 3.32. The minimum absolute atomic E-state index is 0.167. The molecule has 1 aromatic carbocycles. The van der Waals surface area contributed by atoms with Crippen molar-refractivity contribution in [2.45, 2.75) is 23.1 Å². The van der Waals surface area contributed by atoms with E-state index in [0.717, 1.165) is 12.3 Å². The molecule has 124 valence electrons. The second-order valence-corrected chi connectivity index (χ2v) is 8.76. The van der Waals surface area contributed by atoms with E-state index in [-0.39, 0.29) is 18.3 Å². The number of halogens is 2. The molecule has 1 N–H and O–H groups in total. The molecule has 0 aromatic heterocycles. The molecule has 0 saturated carbocycles. The van der Waals surface area contributed by atoms with Gasteiger partial charge in [-0.1, -0.05) is 12.1 Å². The van der Waals surface area contributed by atoms with Crippen LogP contribution in [0.5, 0.6) is 0 Å². The molecule has 1 aliphatic heterocycles. The van der Waals surface area contributed by atoms with Gasteiger partial charge >= 0.3 is 5.76 Å². The number of hydrogen-bond donors (Lipinski definition) is 1. The highest BCUT2D eigenvalue weighted by Crippen LogP contribution is 2.31. The van der Waals surface area contributed by atoms with Gasteiger partial charge in [-0.25, -0.2) is 21.6 Å². The van der Waals surface area contributed by atoms with Crippen LogP contribution in [-0.4, -0.2) is 48.0 Å². The van der Waals surface area contributed by atoms with Gasteiger partial charge in [-0.05, 0) is 18.6 Å². The largest absolute Gasteiger partial charge is 0.369 e. The first-order valence-corrected chi connectivity index (χ1v) is 9.88. The predicted octanol–water partition coefficient (Wildman–Crippen LogP) is 0.811. The number of rotatable bonds is 5. The lowest BCUT2D eigenvalue weighted by Gasteiger charge is -2.21. The van der Waals surface area contributed by atoms with Crippen LogP contribution in [0.25, 0.3) is 0 Å². The molecular formula is C12H16F2N2O4S2. The minimum atomic E-state index is -4.71. The normalized spacial score (nSPS) is 19.8. The smallest absolute Gasteiger partial charge is 0.341 e. The van der Waals surface area contributed by atoms with E-state index in [9.17, 15) is 25.6 Å². The summed E-state index contributed by atoms with van der Waals surface area (Å²) in [4.78, 5) is 1.16. The summed E-state index contributed by atoms with van der Waals surface area (Å²) in [7, 11) is -8.09. The fraction of sp³-hybridized carbons (Fsp3) is 0.500. The van der Waals surface area contributed by atoms with Crippen molar-refractivity contribution in [3.8, 4) is 0 Å². The zero-order valence-corrected chi connectivity index (χ0v) is 13.4. The maximum absolute atomic E-state index is 12.8. The van der Waals surface area contributed by atoms with Gasteiger partial charge in [-0.15, -0.1) is 0 Å². The fourth-order valence-electron chi connectivity index (χ4n) is 2.43. The van der Waals surface area contributed by atoms with E-state index in [0.29, 0.717) is 13.0 Å². The number of anilines is 1. The number of benzene rings is 1. The molecule has 1 aromatic rings. The Bertz CT molecular complexity index is 750. The number of nitrogens with zero attached hydrogens (tertiary/aromatic N) is 1. The van der Waals surface area contributed by atoms with Crippen LogP contribution in [-0.2, 0) is 19.9 Å². The molecule has 2 rings (SSSR count). The van der Waals surface area contributed by atoms with Crippen molar-refractivity contribution in [1.29, 1.82) is 0 Å². The Kier molecular flexibility index (Phi) is 4.73. The summed E-state index contributed by atoms with van der Waals surface area (Å²) in [6.07, 6.45) is 1.50. The summed E-state index contributed by atoms with van der Waals surface area (Å²) in [5, 5.41) is 0. The van der Waals surface area contributed by atoms with Gasteiger partial charge < -0.3 is 4.90 Å². The van der Waals surface area contributed by atoms with E-state index in [4.69, 9.17) is 0 Å². The molecule has 22 heavy (non-hydrogen) atoms. The average molecular weight is 354 g/mol. The maximum Gasteiger partial charge on any atom is 0.341 e. The van der Waals surface area contributed by atoms with Gasteiger partial charge in [0, 0.05) is 19.1 Å². The zero-order valence-electron chi connectivity index (χ0n) is 11.7. The van der Waals surface area contributed by atoms with Crippen LogP contribution in [0.2, 0.25) is 0 Å². The number of para-hydroxylation sites is 1. The molecule has 1 heterocycles. The molecule has 0 spiro atoms. The van der Waals surface area contributed by atoms with Crippen LogP contribution < -0.4 is 9.62 Å². The molecule has 0 amide bonds. The Labute approximate surface area is 128 Å². The highest BCUT2D eigenvalue weighted by atomic mass is 32.2. The Balaban J connectivity index is 2.29. The summed E-state index contributed by atoms with van der Waals surface area (Å²) in [5.74, 6) is -3.50. The standard InChI is InChI=1S/C12H16F2N2O4S2/c1-21(17,18)15-9-6-7-16(8-9)10-4-2-3-5-11(10)22(19,20)12(13)14/h2-5,9,12,15H,6-8H2,1H3/t9-/m0/s1. The molecular weight excluding hydrogens is 338 g/mol. The Morgan fingerprint density at radius 1 is 1.23 bits per heavy atom. The molecule has 0 aliphatic carbocycles. The van der Waals surface area contributed by atoms with E-state index in [1.54, 1.807) is 11.0 Å². The molecule has 1 atom stereocenters. The topological polar surface area (TPSA) is 83.6 Å². The Hall–Kier alpha value is -1.26. The highest BCUT2D eigenvalue weighted by molar-refractivity contribution is 7.91. The van der Waals surface area contributed by atoms with Crippen LogP contribution >= 0.6 is 0 Å².